The third kappa shape index (κ3) is 1.29. The van der Waals surface area contributed by atoms with Gasteiger partial charge in [0.1, 0.15) is 0 Å². The third-order valence-electron chi connectivity index (χ3n) is 2.05. The van der Waals surface area contributed by atoms with Gasteiger partial charge in [0, 0.05) is 26.1 Å². The number of rotatable bonds is 1. The Kier molecular flexibility index (Phi) is 2.27. The van der Waals surface area contributed by atoms with Gasteiger partial charge in [0.05, 0.1) is 0 Å². The first-order chi connectivity index (χ1) is 4.75. The minimum Gasteiger partial charge on any atom is -0.339 e. The predicted molar refractivity (Wildman–Crippen MR) is 39.5 cm³/mol. The van der Waals surface area contributed by atoms with Crippen molar-refractivity contribution in [3.05, 3.63) is 0 Å². The molecule has 1 rings (SSSR count). The normalized spacial score (nSPS) is 25.4. The first-order valence-electron chi connectivity index (χ1n) is 3.73. The van der Waals surface area contributed by atoms with Crippen LogP contribution in [0.2, 0.25) is 0 Å². The summed E-state index contributed by atoms with van der Waals surface area (Å²) in [5, 5.41) is 0. The molecule has 1 fully saturated rings. The third-order valence-corrected chi connectivity index (χ3v) is 2.05. The highest BCUT2D eigenvalue weighted by molar-refractivity contribution is 5.73. The maximum atomic E-state index is 10.9. The molecule has 10 heavy (non-hydrogen) atoms. The van der Waals surface area contributed by atoms with Crippen molar-refractivity contribution >= 4 is 5.91 Å². The molecule has 0 radical (unpaired) electrons. The summed E-state index contributed by atoms with van der Waals surface area (Å²) in [6.45, 7) is 3.12. The van der Waals surface area contributed by atoms with E-state index in [1.807, 2.05) is 4.90 Å². The van der Waals surface area contributed by atoms with Gasteiger partial charge in [-0.15, -0.1) is 0 Å². The molecule has 3 nitrogen and oxygen atoms in total. The van der Waals surface area contributed by atoms with Crippen LogP contribution in [0.15, 0.2) is 0 Å². The van der Waals surface area contributed by atoms with E-state index < -0.39 is 0 Å². The zero-order chi connectivity index (χ0) is 7.56. The molecule has 0 aliphatic carbocycles. The second kappa shape index (κ2) is 3.01. The zero-order valence-electron chi connectivity index (χ0n) is 6.34. The van der Waals surface area contributed by atoms with Crippen LogP contribution in [0.5, 0.6) is 0 Å². The van der Waals surface area contributed by atoms with Gasteiger partial charge < -0.3 is 10.6 Å². The number of nitrogens with two attached hydrogens (primary N) is 1. The van der Waals surface area contributed by atoms with Crippen LogP contribution in [-0.2, 0) is 4.79 Å². The zero-order valence-corrected chi connectivity index (χ0v) is 6.34. The van der Waals surface area contributed by atoms with E-state index in [1.54, 1.807) is 6.92 Å². The Balaban J connectivity index is 2.50. The number of carbonyl (C=O) groups excluding carboxylic acids is 1. The van der Waals surface area contributed by atoms with Crippen LogP contribution in [0.3, 0.4) is 0 Å². The first-order valence-corrected chi connectivity index (χ1v) is 3.73. The van der Waals surface area contributed by atoms with Crippen molar-refractivity contribution in [3.63, 3.8) is 0 Å². The summed E-state index contributed by atoms with van der Waals surface area (Å²) in [6, 6.07) is 0.317. The topological polar surface area (TPSA) is 46.3 Å². The van der Waals surface area contributed by atoms with E-state index in [0.717, 1.165) is 19.4 Å². The Morgan fingerprint density at radius 2 is 2.50 bits per heavy atom. The highest BCUT2D eigenvalue weighted by Gasteiger charge is 2.24. The van der Waals surface area contributed by atoms with E-state index in [1.165, 1.54) is 0 Å². The van der Waals surface area contributed by atoms with Crippen LogP contribution in [0.4, 0.5) is 0 Å². The molecule has 1 aliphatic rings. The van der Waals surface area contributed by atoms with Crippen LogP contribution in [0, 0.1) is 0 Å². The van der Waals surface area contributed by atoms with E-state index in [2.05, 4.69) is 0 Å². The summed E-state index contributed by atoms with van der Waals surface area (Å²) in [4.78, 5) is 12.7. The average Bonchev–Trinajstić information content (AvgIpc) is 2.33. The van der Waals surface area contributed by atoms with E-state index in [-0.39, 0.29) is 5.91 Å². The van der Waals surface area contributed by atoms with Crippen molar-refractivity contribution in [1.82, 2.24) is 4.90 Å². The van der Waals surface area contributed by atoms with Gasteiger partial charge in [-0.3, -0.25) is 4.79 Å². The fourth-order valence-corrected chi connectivity index (χ4v) is 1.50. The van der Waals surface area contributed by atoms with Crippen molar-refractivity contribution in [3.8, 4) is 0 Å². The van der Waals surface area contributed by atoms with Crippen molar-refractivity contribution in [2.24, 2.45) is 5.73 Å². The molecule has 0 bridgehead atoms. The highest BCUT2D eigenvalue weighted by Crippen LogP contribution is 2.15. The van der Waals surface area contributed by atoms with E-state index >= 15 is 0 Å². The molecule has 1 aliphatic heterocycles. The number of hydrogen-bond acceptors (Lipinski definition) is 2. The molecule has 0 aromatic rings. The lowest BCUT2D eigenvalue weighted by molar-refractivity contribution is -0.129. The van der Waals surface area contributed by atoms with E-state index in [0.29, 0.717) is 12.6 Å². The minimum atomic E-state index is 0.160. The van der Waals surface area contributed by atoms with Gasteiger partial charge >= 0.3 is 0 Å². The first kappa shape index (κ1) is 7.54. The summed E-state index contributed by atoms with van der Waals surface area (Å²) in [5.74, 6) is 0.160. The molecule has 1 saturated heterocycles. The van der Waals surface area contributed by atoms with Crippen molar-refractivity contribution in [1.29, 1.82) is 0 Å². The summed E-state index contributed by atoms with van der Waals surface area (Å²) < 4.78 is 0. The largest absolute Gasteiger partial charge is 0.339 e. The molecule has 58 valence electrons. The monoisotopic (exact) mass is 142 g/mol. The summed E-state index contributed by atoms with van der Waals surface area (Å²) in [7, 11) is 0. The summed E-state index contributed by atoms with van der Waals surface area (Å²) in [5.41, 5.74) is 5.47. The lowest BCUT2D eigenvalue weighted by Crippen LogP contribution is -2.38. The number of carbonyl (C=O) groups is 1. The SMILES string of the molecule is CC(=O)N1CCC[C@H]1CN. The standard InChI is InChI=1S/C7H14N2O/c1-6(10)9-4-2-3-7(9)5-8/h7H,2-5,8H2,1H3/t7-/m0/s1. The maximum Gasteiger partial charge on any atom is 0.219 e. The number of amides is 1. The van der Waals surface area contributed by atoms with E-state index in [4.69, 9.17) is 5.73 Å². The van der Waals surface area contributed by atoms with Crippen LogP contribution in [0.25, 0.3) is 0 Å². The lowest BCUT2D eigenvalue weighted by atomic mass is 10.2. The van der Waals surface area contributed by atoms with Gasteiger partial charge in [-0.1, -0.05) is 0 Å². The molecule has 0 aromatic carbocycles. The Labute approximate surface area is 61.2 Å². The average molecular weight is 142 g/mol. The Morgan fingerprint density at radius 3 is 2.90 bits per heavy atom. The molecular formula is C7H14N2O. The fourth-order valence-electron chi connectivity index (χ4n) is 1.50. The molecule has 0 saturated carbocycles. The maximum absolute atomic E-state index is 10.9. The molecule has 3 heteroatoms. The fraction of sp³-hybridized carbons (Fsp3) is 0.857. The Hall–Kier alpha value is -0.570. The van der Waals surface area contributed by atoms with Gasteiger partial charge in [-0.05, 0) is 12.8 Å². The Bertz CT molecular complexity index is 136. The quantitative estimate of drug-likeness (QED) is 0.558. The van der Waals surface area contributed by atoms with E-state index in [9.17, 15) is 4.79 Å². The predicted octanol–water partition coefficient (Wildman–Crippen LogP) is -0.0440. The van der Waals surface area contributed by atoms with Gasteiger partial charge in [-0.25, -0.2) is 0 Å². The van der Waals surface area contributed by atoms with Crippen molar-refractivity contribution in [2.45, 2.75) is 25.8 Å². The summed E-state index contributed by atoms with van der Waals surface area (Å²) >= 11 is 0. The summed E-state index contributed by atoms with van der Waals surface area (Å²) in [6.07, 6.45) is 2.19. The van der Waals surface area contributed by atoms with Gasteiger partial charge in [0.25, 0.3) is 0 Å². The number of nitrogens with zero attached hydrogens (tertiary/aromatic N) is 1. The van der Waals surface area contributed by atoms with Gasteiger partial charge in [0.2, 0.25) is 5.91 Å². The van der Waals surface area contributed by atoms with Crippen molar-refractivity contribution < 1.29 is 4.79 Å². The smallest absolute Gasteiger partial charge is 0.219 e. The van der Waals surface area contributed by atoms with Crippen LogP contribution in [-0.4, -0.2) is 29.9 Å². The Morgan fingerprint density at radius 1 is 1.80 bits per heavy atom. The minimum absolute atomic E-state index is 0.160. The number of likely N-dealkylation sites (tertiary alicyclic amines) is 1. The second-order valence-electron chi connectivity index (χ2n) is 2.74. The van der Waals surface area contributed by atoms with Gasteiger partial charge in [0.15, 0.2) is 0 Å². The number of hydrogen-bond donors (Lipinski definition) is 1. The van der Waals surface area contributed by atoms with Crippen LogP contribution in [0.1, 0.15) is 19.8 Å². The molecule has 1 atom stereocenters. The molecule has 0 aromatic heterocycles. The van der Waals surface area contributed by atoms with Crippen LogP contribution >= 0.6 is 0 Å². The lowest BCUT2D eigenvalue weighted by Gasteiger charge is -2.21. The molecule has 0 spiro atoms. The second-order valence-corrected chi connectivity index (χ2v) is 2.74. The molecule has 1 heterocycles. The molecule has 0 unspecified atom stereocenters. The van der Waals surface area contributed by atoms with Crippen molar-refractivity contribution in [2.75, 3.05) is 13.1 Å². The molecule has 1 amide bonds. The van der Waals surface area contributed by atoms with Crippen LogP contribution < -0.4 is 5.73 Å². The highest BCUT2D eigenvalue weighted by atomic mass is 16.2. The molecular weight excluding hydrogens is 128 g/mol. The molecule has 2 N–H and O–H groups in total. The van der Waals surface area contributed by atoms with Gasteiger partial charge in [-0.2, -0.15) is 0 Å².